The van der Waals surface area contributed by atoms with Gasteiger partial charge in [0.15, 0.2) is 0 Å². The molecule has 0 unspecified atom stereocenters. The number of nitrogens with two attached hydrogens (primary N) is 1. The van der Waals surface area contributed by atoms with E-state index in [0.717, 1.165) is 30.5 Å². The largest absolute Gasteiger partial charge is 0.492 e. The number of rotatable bonds is 4. The molecule has 0 aliphatic carbocycles. The summed E-state index contributed by atoms with van der Waals surface area (Å²) >= 11 is 0. The van der Waals surface area contributed by atoms with E-state index < -0.39 is 0 Å². The van der Waals surface area contributed by atoms with Gasteiger partial charge in [0.2, 0.25) is 0 Å². The lowest BCUT2D eigenvalue weighted by atomic mass is 9.75. The van der Waals surface area contributed by atoms with E-state index >= 15 is 0 Å². The third-order valence-electron chi connectivity index (χ3n) is 4.35. The van der Waals surface area contributed by atoms with Crippen LogP contribution in [0.25, 0.3) is 0 Å². The maximum absolute atomic E-state index is 5.76. The molecule has 2 N–H and O–H groups in total. The SMILES string of the molecule is CC(C)(C)C1CCN(CCOc2cccc(N)c2)CC1. The van der Waals surface area contributed by atoms with E-state index in [1.54, 1.807) is 0 Å². The quantitative estimate of drug-likeness (QED) is 0.857. The summed E-state index contributed by atoms with van der Waals surface area (Å²) in [6.07, 6.45) is 2.61. The van der Waals surface area contributed by atoms with Gasteiger partial charge in [0.1, 0.15) is 12.4 Å². The molecule has 0 spiro atoms. The minimum atomic E-state index is 0.449. The first-order valence-corrected chi connectivity index (χ1v) is 7.66. The predicted molar refractivity (Wildman–Crippen MR) is 85.0 cm³/mol. The fourth-order valence-electron chi connectivity index (χ4n) is 2.92. The lowest BCUT2D eigenvalue weighted by Gasteiger charge is -2.38. The molecule has 0 radical (unpaired) electrons. The number of benzene rings is 1. The Bertz CT molecular complexity index is 417. The van der Waals surface area contributed by atoms with Crippen molar-refractivity contribution in [1.82, 2.24) is 4.90 Å². The van der Waals surface area contributed by atoms with E-state index in [9.17, 15) is 0 Å². The Hall–Kier alpha value is -1.22. The van der Waals surface area contributed by atoms with Gasteiger partial charge in [0, 0.05) is 18.3 Å². The van der Waals surface area contributed by atoms with Crippen molar-refractivity contribution in [3.8, 4) is 5.75 Å². The van der Waals surface area contributed by atoms with Gasteiger partial charge in [-0.1, -0.05) is 26.8 Å². The summed E-state index contributed by atoms with van der Waals surface area (Å²) in [5, 5.41) is 0. The Labute approximate surface area is 123 Å². The minimum Gasteiger partial charge on any atom is -0.492 e. The Morgan fingerprint density at radius 3 is 2.55 bits per heavy atom. The van der Waals surface area contributed by atoms with Gasteiger partial charge in [0.25, 0.3) is 0 Å². The Morgan fingerprint density at radius 2 is 1.95 bits per heavy atom. The number of hydrogen-bond acceptors (Lipinski definition) is 3. The number of piperidine rings is 1. The zero-order valence-corrected chi connectivity index (χ0v) is 13.1. The number of hydrogen-bond donors (Lipinski definition) is 1. The zero-order valence-electron chi connectivity index (χ0n) is 13.1. The van der Waals surface area contributed by atoms with Crippen molar-refractivity contribution < 1.29 is 4.74 Å². The van der Waals surface area contributed by atoms with Crippen LogP contribution in [0.15, 0.2) is 24.3 Å². The van der Waals surface area contributed by atoms with Crippen molar-refractivity contribution in [2.24, 2.45) is 11.3 Å². The van der Waals surface area contributed by atoms with E-state index in [4.69, 9.17) is 10.5 Å². The maximum atomic E-state index is 5.76. The molecule has 0 bridgehead atoms. The van der Waals surface area contributed by atoms with E-state index in [1.165, 1.54) is 25.9 Å². The molecule has 3 nitrogen and oxygen atoms in total. The van der Waals surface area contributed by atoms with Gasteiger partial charge in [-0.3, -0.25) is 4.90 Å². The Kier molecular flexibility index (Phi) is 4.92. The van der Waals surface area contributed by atoms with Crippen molar-refractivity contribution in [3.63, 3.8) is 0 Å². The third-order valence-corrected chi connectivity index (χ3v) is 4.35. The lowest BCUT2D eigenvalue weighted by molar-refractivity contribution is 0.101. The first-order chi connectivity index (χ1) is 9.45. The summed E-state index contributed by atoms with van der Waals surface area (Å²) in [5.74, 6) is 1.73. The normalized spacial score (nSPS) is 18.1. The number of likely N-dealkylation sites (tertiary alicyclic amines) is 1. The molecule has 112 valence electrons. The summed E-state index contributed by atoms with van der Waals surface area (Å²) in [6, 6.07) is 7.65. The second-order valence-corrected chi connectivity index (χ2v) is 6.90. The highest BCUT2D eigenvalue weighted by Crippen LogP contribution is 2.34. The molecule has 1 fully saturated rings. The second-order valence-electron chi connectivity index (χ2n) is 6.90. The van der Waals surface area contributed by atoms with Crippen LogP contribution in [-0.2, 0) is 0 Å². The predicted octanol–water partition coefficient (Wildman–Crippen LogP) is 3.41. The number of anilines is 1. The van der Waals surface area contributed by atoms with E-state index in [1.807, 2.05) is 24.3 Å². The minimum absolute atomic E-state index is 0.449. The molecule has 0 saturated carbocycles. The summed E-state index contributed by atoms with van der Waals surface area (Å²) < 4.78 is 5.76. The van der Waals surface area contributed by atoms with Crippen molar-refractivity contribution in [2.45, 2.75) is 33.6 Å². The zero-order chi connectivity index (χ0) is 14.6. The average molecular weight is 276 g/mol. The molecule has 1 aromatic rings. The topological polar surface area (TPSA) is 38.5 Å². The van der Waals surface area contributed by atoms with Crippen LogP contribution in [0.5, 0.6) is 5.75 Å². The smallest absolute Gasteiger partial charge is 0.121 e. The molecule has 1 aromatic carbocycles. The first-order valence-electron chi connectivity index (χ1n) is 7.66. The number of nitrogen functional groups attached to an aromatic ring is 1. The van der Waals surface area contributed by atoms with E-state index in [0.29, 0.717) is 5.41 Å². The van der Waals surface area contributed by atoms with Gasteiger partial charge in [-0.25, -0.2) is 0 Å². The molecule has 2 rings (SSSR count). The van der Waals surface area contributed by atoms with Crippen molar-refractivity contribution in [2.75, 3.05) is 32.0 Å². The van der Waals surface area contributed by atoms with E-state index in [-0.39, 0.29) is 0 Å². The molecule has 20 heavy (non-hydrogen) atoms. The summed E-state index contributed by atoms with van der Waals surface area (Å²) in [5.41, 5.74) is 6.95. The molecule has 3 heteroatoms. The van der Waals surface area contributed by atoms with E-state index in [2.05, 4.69) is 25.7 Å². The van der Waals surface area contributed by atoms with Gasteiger partial charge in [-0.15, -0.1) is 0 Å². The molecular weight excluding hydrogens is 248 g/mol. The molecule has 1 aliphatic heterocycles. The van der Waals surface area contributed by atoms with Crippen LogP contribution in [0.2, 0.25) is 0 Å². The standard InChI is InChI=1S/C17H28N2O/c1-17(2,3)14-7-9-19(10-8-14)11-12-20-16-6-4-5-15(18)13-16/h4-6,13-14H,7-12,18H2,1-3H3. The van der Waals surface area contributed by atoms with Crippen molar-refractivity contribution >= 4 is 5.69 Å². The van der Waals surface area contributed by atoms with Crippen LogP contribution in [0, 0.1) is 11.3 Å². The van der Waals surface area contributed by atoms with Gasteiger partial charge in [-0.2, -0.15) is 0 Å². The Morgan fingerprint density at radius 1 is 1.25 bits per heavy atom. The summed E-state index contributed by atoms with van der Waals surface area (Å²) in [4.78, 5) is 2.51. The molecular formula is C17H28N2O. The van der Waals surface area contributed by atoms with Crippen molar-refractivity contribution in [3.05, 3.63) is 24.3 Å². The van der Waals surface area contributed by atoms with Crippen LogP contribution in [-0.4, -0.2) is 31.1 Å². The third kappa shape index (κ3) is 4.41. The van der Waals surface area contributed by atoms with Crippen LogP contribution >= 0.6 is 0 Å². The number of ether oxygens (including phenoxy) is 1. The maximum Gasteiger partial charge on any atom is 0.121 e. The highest BCUT2D eigenvalue weighted by molar-refractivity contribution is 5.43. The van der Waals surface area contributed by atoms with Crippen LogP contribution < -0.4 is 10.5 Å². The molecule has 0 amide bonds. The van der Waals surface area contributed by atoms with Crippen LogP contribution in [0.1, 0.15) is 33.6 Å². The molecule has 1 heterocycles. The monoisotopic (exact) mass is 276 g/mol. The highest BCUT2D eigenvalue weighted by atomic mass is 16.5. The molecule has 1 aliphatic rings. The van der Waals surface area contributed by atoms with Gasteiger partial charge >= 0.3 is 0 Å². The average Bonchev–Trinajstić information content (AvgIpc) is 2.38. The first kappa shape index (κ1) is 15.2. The molecule has 1 saturated heterocycles. The fraction of sp³-hybridized carbons (Fsp3) is 0.647. The molecule has 0 atom stereocenters. The fourth-order valence-corrected chi connectivity index (χ4v) is 2.92. The van der Waals surface area contributed by atoms with Crippen LogP contribution in [0.3, 0.4) is 0 Å². The molecule has 0 aromatic heterocycles. The van der Waals surface area contributed by atoms with Crippen LogP contribution in [0.4, 0.5) is 5.69 Å². The second kappa shape index (κ2) is 6.49. The summed E-state index contributed by atoms with van der Waals surface area (Å²) in [6.45, 7) is 11.2. The Balaban J connectivity index is 1.69. The van der Waals surface area contributed by atoms with Gasteiger partial charge < -0.3 is 10.5 Å². The van der Waals surface area contributed by atoms with Gasteiger partial charge in [-0.05, 0) is 49.4 Å². The summed E-state index contributed by atoms with van der Waals surface area (Å²) in [7, 11) is 0. The highest BCUT2D eigenvalue weighted by Gasteiger charge is 2.28. The van der Waals surface area contributed by atoms with Gasteiger partial charge in [0.05, 0.1) is 0 Å². The number of nitrogens with zero attached hydrogens (tertiary/aromatic N) is 1. The lowest BCUT2D eigenvalue weighted by Crippen LogP contribution is -2.39. The van der Waals surface area contributed by atoms with Crippen molar-refractivity contribution in [1.29, 1.82) is 0 Å².